The molecule has 1 saturated heterocycles. The van der Waals surface area contributed by atoms with E-state index in [1.165, 1.54) is 0 Å². The van der Waals surface area contributed by atoms with Gasteiger partial charge in [0.2, 0.25) is 0 Å². The normalized spacial score (nSPS) is 20.8. The van der Waals surface area contributed by atoms with Gasteiger partial charge >= 0.3 is 0 Å². The fraction of sp³-hybridized carbons (Fsp3) is 0.500. The third kappa shape index (κ3) is 1.47. The molecule has 2 heterocycles. The summed E-state index contributed by atoms with van der Waals surface area (Å²) in [7, 11) is 0. The summed E-state index contributed by atoms with van der Waals surface area (Å²) in [5.41, 5.74) is -0.0955. The molecule has 2 nitrogen and oxygen atoms in total. The Morgan fingerprint density at radius 1 is 1.46 bits per heavy atom. The molecule has 0 amide bonds. The molecule has 1 aromatic heterocycles. The van der Waals surface area contributed by atoms with E-state index in [1.807, 2.05) is 24.3 Å². The van der Waals surface area contributed by atoms with E-state index >= 15 is 0 Å². The van der Waals surface area contributed by atoms with Crippen molar-refractivity contribution in [2.75, 3.05) is 11.5 Å². The highest BCUT2D eigenvalue weighted by molar-refractivity contribution is 7.99. The van der Waals surface area contributed by atoms with Crippen LogP contribution in [0.4, 0.5) is 0 Å². The molecular weight excluding hydrogens is 180 g/mol. The molecule has 68 valence electrons. The van der Waals surface area contributed by atoms with Crippen LogP contribution in [-0.4, -0.2) is 21.1 Å². The Labute approximate surface area is 82.7 Å². The van der Waals surface area contributed by atoms with Crippen molar-refractivity contribution in [2.45, 2.75) is 18.4 Å². The predicted octanol–water partition coefficient (Wildman–Crippen LogP) is 1.74. The minimum absolute atomic E-state index is 0.0955. The molecule has 0 N–H and O–H groups in total. The molecule has 0 saturated carbocycles. The van der Waals surface area contributed by atoms with E-state index < -0.39 is 0 Å². The lowest BCUT2D eigenvalue weighted by molar-refractivity contribution is 0.358. The quantitative estimate of drug-likeness (QED) is 0.631. The third-order valence-electron chi connectivity index (χ3n) is 2.59. The van der Waals surface area contributed by atoms with Gasteiger partial charge in [0.05, 0.1) is 6.33 Å². The summed E-state index contributed by atoms with van der Waals surface area (Å²) < 4.78 is 2.08. The minimum Gasteiger partial charge on any atom is -0.320 e. The zero-order valence-corrected chi connectivity index (χ0v) is 8.26. The summed E-state index contributed by atoms with van der Waals surface area (Å²) >= 11 is 1.98. The van der Waals surface area contributed by atoms with E-state index in [0.29, 0.717) is 0 Å². The van der Waals surface area contributed by atoms with Crippen LogP contribution in [0.3, 0.4) is 0 Å². The summed E-state index contributed by atoms with van der Waals surface area (Å²) in [6, 6.07) is 0. The summed E-state index contributed by atoms with van der Waals surface area (Å²) in [5.74, 6) is 5.24. The average molecular weight is 192 g/mol. The average Bonchev–Trinajstić information content (AvgIpc) is 2.72. The molecule has 0 atom stereocenters. The summed E-state index contributed by atoms with van der Waals surface area (Å²) in [6.07, 6.45) is 13.3. The van der Waals surface area contributed by atoms with Crippen LogP contribution >= 0.6 is 11.8 Å². The van der Waals surface area contributed by atoms with Gasteiger partial charge < -0.3 is 4.57 Å². The molecule has 1 aliphatic rings. The van der Waals surface area contributed by atoms with Gasteiger partial charge in [0.15, 0.2) is 0 Å². The Balaban J connectivity index is 2.30. The standard InChI is InChI=1S/C10H12N2S/c1-2-10(3-7-13-8-4-10)12-6-5-11-9-12/h1,5-6,9H,3-4,7-8H2. The van der Waals surface area contributed by atoms with E-state index in [-0.39, 0.29) is 5.54 Å². The van der Waals surface area contributed by atoms with Crippen molar-refractivity contribution in [3.8, 4) is 12.3 Å². The Hall–Kier alpha value is -0.880. The van der Waals surface area contributed by atoms with Gasteiger partial charge in [-0.2, -0.15) is 11.8 Å². The highest BCUT2D eigenvalue weighted by Crippen LogP contribution is 2.32. The van der Waals surface area contributed by atoms with Crippen LogP contribution in [0, 0.1) is 12.3 Å². The molecule has 0 aromatic carbocycles. The van der Waals surface area contributed by atoms with Crippen LogP contribution in [0.2, 0.25) is 0 Å². The second kappa shape index (κ2) is 3.47. The van der Waals surface area contributed by atoms with Crippen molar-refractivity contribution in [1.82, 2.24) is 9.55 Å². The molecule has 13 heavy (non-hydrogen) atoms. The van der Waals surface area contributed by atoms with E-state index in [1.54, 1.807) is 6.20 Å². The molecule has 1 aromatic rings. The highest BCUT2D eigenvalue weighted by atomic mass is 32.2. The molecule has 0 bridgehead atoms. The first-order valence-corrected chi connectivity index (χ1v) is 5.57. The lowest BCUT2D eigenvalue weighted by atomic mass is 9.93. The second-order valence-electron chi connectivity index (χ2n) is 3.26. The number of hydrogen-bond acceptors (Lipinski definition) is 2. The zero-order chi connectivity index (χ0) is 9.15. The fourth-order valence-electron chi connectivity index (χ4n) is 1.70. The van der Waals surface area contributed by atoms with Crippen molar-refractivity contribution < 1.29 is 0 Å². The third-order valence-corrected chi connectivity index (χ3v) is 3.57. The molecule has 1 aliphatic heterocycles. The first-order valence-electron chi connectivity index (χ1n) is 4.41. The van der Waals surface area contributed by atoms with Gasteiger partial charge in [-0.05, 0) is 24.3 Å². The van der Waals surface area contributed by atoms with Crippen LogP contribution < -0.4 is 0 Å². The maximum absolute atomic E-state index is 5.62. The Morgan fingerprint density at radius 3 is 2.77 bits per heavy atom. The van der Waals surface area contributed by atoms with Gasteiger partial charge in [-0.25, -0.2) is 4.98 Å². The molecule has 0 radical (unpaired) electrons. The number of thioether (sulfide) groups is 1. The lowest BCUT2D eigenvalue weighted by Crippen LogP contribution is -2.35. The number of terminal acetylenes is 1. The van der Waals surface area contributed by atoms with E-state index in [4.69, 9.17) is 6.42 Å². The Bertz CT molecular complexity index is 304. The van der Waals surface area contributed by atoms with Crippen LogP contribution in [0.5, 0.6) is 0 Å². The predicted molar refractivity (Wildman–Crippen MR) is 55.6 cm³/mol. The highest BCUT2D eigenvalue weighted by Gasteiger charge is 2.31. The molecule has 0 aliphatic carbocycles. The van der Waals surface area contributed by atoms with Gasteiger partial charge in [-0.3, -0.25) is 0 Å². The van der Waals surface area contributed by atoms with Crippen molar-refractivity contribution in [3.05, 3.63) is 18.7 Å². The summed E-state index contributed by atoms with van der Waals surface area (Å²) in [4.78, 5) is 4.05. The van der Waals surface area contributed by atoms with Crippen LogP contribution in [0.25, 0.3) is 0 Å². The van der Waals surface area contributed by atoms with Crippen molar-refractivity contribution in [3.63, 3.8) is 0 Å². The summed E-state index contributed by atoms with van der Waals surface area (Å²) in [5, 5.41) is 0. The molecular formula is C10H12N2S. The number of aromatic nitrogens is 2. The molecule has 1 fully saturated rings. The van der Waals surface area contributed by atoms with Gasteiger partial charge in [0.25, 0.3) is 0 Å². The van der Waals surface area contributed by atoms with Gasteiger partial charge in [0.1, 0.15) is 5.54 Å². The summed E-state index contributed by atoms with van der Waals surface area (Å²) in [6.45, 7) is 0. The molecule has 2 rings (SSSR count). The SMILES string of the molecule is C#CC1(n2ccnc2)CCSCC1. The van der Waals surface area contributed by atoms with Crippen molar-refractivity contribution in [2.24, 2.45) is 0 Å². The van der Waals surface area contributed by atoms with Gasteiger partial charge in [-0.15, -0.1) is 6.42 Å². The molecule has 0 unspecified atom stereocenters. The largest absolute Gasteiger partial charge is 0.320 e. The van der Waals surface area contributed by atoms with E-state index in [9.17, 15) is 0 Å². The Kier molecular flexibility index (Phi) is 2.32. The topological polar surface area (TPSA) is 17.8 Å². The lowest BCUT2D eigenvalue weighted by Gasteiger charge is -2.33. The first kappa shape index (κ1) is 8.71. The molecule has 0 spiro atoms. The maximum atomic E-state index is 5.62. The number of rotatable bonds is 1. The van der Waals surface area contributed by atoms with E-state index in [0.717, 1.165) is 24.3 Å². The van der Waals surface area contributed by atoms with Crippen molar-refractivity contribution >= 4 is 11.8 Å². The van der Waals surface area contributed by atoms with Gasteiger partial charge in [0, 0.05) is 12.4 Å². The van der Waals surface area contributed by atoms with Crippen LogP contribution in [-0.2, 0) is 5.54 Å². The monoisotopic (exact) mass is 192 g/mol. The van der Waals surface area contributed by atoms with Gasteiger partial charge in [-0.1, -0.05) is 5.92 Å². The van der Waals surface area contributed by atoms with Crippen LogP contribution in [0.15, 0.2) is 18.7 Å². The van der Waals surface area contributed by atoms with Crippen molar-refractivity contribution in [1.29, 1.82) is 0 Å². The number of imidazole rings is 1. The maximum Gasteiger partial charge on any atom is 0.108 e. The first-order chi connectivity index (χ1) is 6.37. The fourth-order valence-corrected chi connectivity index (χ4v) is 2.87. The number of hydrogen-bond donors (Lipinski definition) is 0. The Morgan fingerprint density at radius 2 is 2.23 bits per heavy atom. The van der Waals surface area contributed by atoms with Crippen LogP contribution in [0.1, 0.15) is 12.8 Å². The van der Waals surface area contributed by atoms with E-state index in [2.05, 4.69) is 15.5 Å². The zero-order valence-electron chi connectivity index (χ0n) is 7.44. The smallest absolute Gasteiger partial charge is 0.108 e. The second-order valence-corrected chi connectivity index (χ2v) is 4.48. The molecule has 3 heteroatoms. The number of nitrogens with zero attached hydrogens (tertiary/aromatic N) is 2. The minimum atomic E-state index is -0.0955.